The van der Waals surface area contributed by atoms with E-state index in [0.717, 1.165) is 29.5 Å². The van der Waals surface area contributed by atoms with Crippen molar-refractivity contribution in [3.8, 4) is 11.3 Å². The van der Waals surface area contributed by atoms with E-state index in [1.807, 2.05) is 30.3 Å². The topological polar surface area (TPSA) is 104 Å². The van der Waals surface area contributed by atoms with Gasteiger partial charge in [0.15, 0.2) is 0 Å². The van der Waals surface area contributed by atoms with Crippen LogP contribution in [0.2, 0.25) is 0 Å². The summed E-state index contributed by atoms with van der Waals surface area (Å²) in [6, 6.07) is 19.5. The Labute approximate surface area is 185 Å². The highest BCUT2D eigenvalue weighted by Gasteiger charge is 2.22. The third-order valence-electron chi connectivity index (χ3n) is 5.37. The summed E-state index contributed by atoms with van der Waals surface area (Å²) in [5, 5.41) is 0.798. The first-order valence-electron chi connectivity index (χ1n) is 10.3. The minimum atomic E-state index is -3.77. The summed E-state index contributed by atoms with van der Waals surface area (Å²) in [6.07, 6.45) is 3.26. The van der Waals surface area contributed by atoms with Crippen LogP contribution in [0.4, 0.5) is 5.95 Å². The van der Waals surface area contributed by atoms with Gasteiger partial charge in [0.1, 0.15) is 5.52 Å². The maximum Gasteiger partial charge on any atom is 0.268 e. The molecule has 0 amide bonds. The van der Waals surface area contributed by atoms with Crippen LogP contribution in [0.15, 0.2) is 77.8 Å². The number of para-hydroxylation sites is 1. The SMILES string of the molecule is CCCc1nc(N)nc2ccc(-c3cn(S(=O)(=O)c4ccccc4)c4ccccc34)nc12. The van der Waals surface area contributed by atoms with Crippen LogP contribution in [0.1, 0.15) is 19.0 Å². The molecule has 160 valence electrons. The molecular formula is C24H21N5O2S. The lowest BCUT2D eigenvalue weighted by Crippen LogP contribution is -2.11. The Hall–Kier alpha value is -3.78. The number of hydrogen-bond acceptors (Lipinski definition) is 6. The smallest absolute Gasteiger partial charge is 0.268 e. The van der Waals surface area contributed by atoms with E-state index in [2.05, 4.69) is 16.9 Å². The van der Waals surface area contributed by atoms with Gasteiger partial charge >= 0.3 is 0 Å². The number of pyridine rings is 1. The quantitative estimate of drug-likeness (QED) is 0.431. The molecule has 0 fully saturated rings. The van der Waals surface area contributed by atoms with Crippen molar-refractivity contribution in [1.29, 1.82) is 0 Å². The van der Waals surface area contributed by atoms with Gasteiger partial charge in [0.05, 0.1) is 27.3 Å². The van der Waals surface area contributed by atoms with Crippen molar-refractivity contribution < 1.29 is 8.42 Å². The van der Waals surface area contributed by atoms with Crippen molar-refractivity contribution in [3.05, 3.63) is 78.6 Å². The molecule has 0 spiro atoms. The zero-order valence-electron chi connectivity index (χ0n) is 17.4. The summed E-state index contributed by atoms with van der Waals surface area (Å²) < 4.78 is 28.1. The first-order chi connectivity index (χ1) is 15.5. The maximum absolute atomic E-state index is 13.4. The van der Waals surface area contributed by atoms with Crippen LogP contribution in [0.5, 0.6) is 0 Å². The highest BCUT2D eigenvalue weighted by atomic mass is 32.2. The van der Waals surface area contributed by atoms with E-state index in [-0.39, 0.29) is 10.8 Å². The molecule has 0 aliphatic heterocycles. The van der Waals surface area contributed by atoms with Crippen molar-refractivity contribution >= 4 is 37.9 Å². The summed E-state index contributed by atoms with van der Waals surface area (Å²) >= 11 is 0. The fourth-order valence-electron chi connectivity index (χ4n) is 3.91. The largest absolute Gasteiger partial charge is 0.368 e. The molecule has 2 N–H and O–H groups in total. The van der Waals surface area contributed by atoms with E-state index in [1.54, 1.807) is 42.6 Å². The highest BCUT2D eigenvalue weighted by Crippen LogP contribution is 2.33. The second-order valence-electron chi connectivity index (χ2n) is 7.52. The van der Waals surface area contributed by atoms with Crippen LogP contribution in [-0.4, -0.2) is 27.3 Å². The van der Waals surface area contributed by atoms with Crippen LogP contribution in [0.25, 0.3) is 33.2 Å². The van der Waals surface area contributed by atoms with Crippen molar-refractivity contribution in [2.24, 2.45) is 0 Å². The minimum absolute atomic E-state index is 0.223. The van der Waals surface area contributed by atoms with Crippen molar-refractivity contribution in [3.63, 3.8) is 0 Å². The molecule has 0 aliphatic carbocycles. The average Bonchev–Trinajstić information content (AvgIpc) is 3.20. The second kappa shape index (κ2) is 7.72. The van der Waals surface area contributed by atoms with Crippen LogP contribution < -0.4 is 5.73 Å². The summed E-state index contributed by atoms with van der Waals surface area (Å²) in [4.78, 5) is 13.7. The van der Waals surface area contributed by atoms with Gasteiger partial charge in [-0.2, -0.15) is 0 Å². The van der Waals surface area contributed by atoms with Gasteiger partial charge < -0.3 is 5.73 Å². The molecule has 32 heavy (non-hydrogen) atoms. The Morgan fingerprint density at radius 1 is 0.906 bits per heavy atom. The molecule has 0 bridgehead atoms. The fraction of sp³-hybridized carbons (Fsp3) is 0.125. The fourth-order valence-corrected chi connectivity index (χ4v) is 5.30. The van der Waals surface area contributed by atoms with E-state index < -0.39 is 10.0 Å². The number of anilines is 1. The zero-order valence-corrected chi connectivity index (χ0v) is 18.2. The van der Waals surface area contributed by atoms with E-state index in [4.69, 9.17) is 10.7 Å². The van der Waals surface area contributed by atoms with Crippen molar-refractivity contribution in [2.75, 3.05) is 5.73 Å². The van der Waals surface area contributed by atoms with Gasteiger partial charge in [0.2, 0.25) is 5.95 Å². The van der Waals surface area contributed by atoms with Gasteiger partial charge in [-0.05, 0) is 36.8 Å². The third kappa shape index (κ3) is 3.29. The Balaban J connectivity index is 1.75. The number of nitrogens with zero attached hydrogens (tertiary/aromatic N) is 4. The Morgan fingerprint density at radius 2 is 1.66 bits per heavy atom. The Bertz CT molecular complexity index is 1560. The number of aryl methyl sites for hydroxylation is 1. The highest BCUT2D eigenvalue weighted by molar-refractivity contribution is 7.90. The van der Waals surface area contributed by atoms with E-state index in [0.29, 0.717) is 22.2 Å². The number of fused-ring (bicyclic) bond motifs is 2. The summed E-state index contributed by atoms with van der Waals surface area (Å²) in [6.45, 7) is 2.07. The van der Waals surface area contributed by atoms with Gasteiger partial charge in [0, 0.05) is 17.1 Å². The van der Waals surface area contributed by atoms with Gasteiger partial charge in [0.25, 0.3) is 10.0 Å². The van der Waals surface area contributed by atoms with Gasteiger partial charge in [-0.25, -0.2) is 27.3 Å². The number of nitrogen functional groups attached to an aromatic ring is 1. The molecule has 5 rings (SSSR count). The number of aromatic nitrogens is 4. The lowest BCUT2D eigenvalue weighted by atomic mass is 10.1. The van der Waals surface area contributed by atoms with Crippen LogP contribution in [0, 0.1) is 0 Å². The number of hydrogen-bond donors (Lipinski definition) is 1. The molecule has 0 unspecified atom stereocenters. The van der Waals surface area contributed by atoms with Crippen LogP contribution in [-0.2, 0) is 16.4 Å². The lowest BCUT2D eigenvalue weighted by Gasteiger charge is -2.07. The van der Waals surface area contributed by atoms with Crippen LogP contribution in [0.3, 0.4) is 0 Å². The third-order valence-corrected chi connectivity index (χ3v) is 7.06. The molecule has 0 aliphatic rings. The molecule has 0 radical (unpaired) electrons. The number of benzene rings is 2. The standard InChI is InChI=1S/C24H21N5O2S/c1-2-8-20-23-21(28-24(25)27-20)14-13-19(26-23)18-15-29(22-12-7-6-11-17(18)22)32(30,31)16-9-4-3-5-10-16/h3-7,9-15H,2,8H2,1H3,(H2,25,27,28). The van der Waals surface area contributed by atoms with E-state index in [1.165, 1.54) is 3.97 Å². The van der Waals surface area contributed by atoms with E-state index in [9.17, 15) is 8.42 Å². The molecule has 5 aromatic rings. The normalized spacial score (nSPS) is 11.9. The van der Waals surface area contributed by atoms with Gasteiger partial charge in [-0.3, -0.25) is 0 Å². The van der Waals surface area contributed by atoms with Crippen molar-refractivity contribution in [1.82, 2.24) is 18.9 Å². The molecule has 7 nitrogen and oxygen atoms in total. The zero-order chi connectivity index (χ0) is 22.3. The van der Waals surface area contributed by atoms with Gasteiger partial charge in [-0.1, -0.05) is 49.7 Å². The predicted molar refractivity (Wildman–Crippen MR) is 126 cm³/mol. The minimum Gasteiger partial charge on any atom is -0.368 e. The number of rotatable bonds is 5. The molecule has 3 heterocycles. The maximum atomic E-state index is 13.4. The van der Waals surface area contributed by atoms with Crippen LogP contribution >= 0.6 is 0 Å². The van der Waals surface area contributed by atoms with E-state index >= 15 is 0 Å². The molecule has 2 aromatic carbocycles. The molecule has 0 atom stereocenters. The average molecular weight is 444 g/mol. The monoisotopic (exact) mass is 443 g/mol. The molecule has 0 saturated heterocycles. The molecule has 0 saturated carbocycles. The Morgan fingerprint density at radius 3 is 2.44 bits per heavy atom. The summed E-state index contributed by atoms with van der Waals surface area (Å²) in [5.74, 6) is 0.223. The summed E-state index contributed by atoms with van der Waals surface area (Å²) in [5.41, 5.74) is 9.98. The van der Waals surface area contributed by atoms with Crippen molar-refractivity contribution in [2.45, 2.75) is 24.7 Å². The molecule has 8 heteroatoms. The Kier molecular flexibility index (Phi) is 4.86. The lowest BCUT2D eigenvalue weighted by molar-refractivity contribution is 0.589. The molecule has 3 aromatic heterocycles. The molecular weight excluding hydrogens is 422 g/mol. The van der Waals surface area contributed by atoms with Gasteiger partial charge in [-0.15, -0.1) is 0 Å². The first-order valence-corrected chi connectivity index (χ1v) is 11.8. The summed E-state index contributed by atoms with van der Waals surface area (Å²) in [7, 11) is -3.77. The second-order valence-corrected chi connectivity index (χ2v) is 9.33. The first kappa shape index (κ1) is 20.1. The predicted octanol–water partition coefficient (Wildman–Crippen LogP) is 4.42. The number of nitrogens with two attached hydrogens (primary N) is 1.